The molecule has 1 aromatic rings. The minimum Gasteiger partial charge on any atom is -0.312 e. The van der Waals surface area contributed by atoms with Gasteiger partial charge in [0.2, 0.25) is 10.0 Å². The van der Waals surface area contributed by atoms with Crippen LogP contribution < -0.4 is 5.32 Å². The second-order valence-corrected chi connectivity index (χ2v) is 7.29. The molecular formula is C13H20ClN3O4S. The van der Waals surface area contributed by atoms with Gasteiger partial charge in [-0.1, -0.05) is 0 Å². The molecule has 1 N–H and O–H groups in total. The summed E-state index contributed by atoms with van der Waals surface area (Å²) in [7, 11) is -3.71. The molecule has 1 aliphatic rings. The molecule has 7 nitrogen and oxygen atoms in total. The van der Waals surface area contributed by atoms with Crippen molar-refractivity contribution in [1.29, 1.82) is 0 Å². The van der Waals surface area contributed by atoms with Crippen LogP contribution in [-0.4, -0.2) is 43.3 Å². The first kappa shape index (κ1) is 18.8. The molecule has 1 heterocycles. The average Bonchev–Trinajstić information content (AvgIpc) is 2.37. The summed E-state index contributed by atoms with van der Waals surface area (Å²) in [6, 6.07) is 2.79. The lowest BCUT2D eigenvalue weighted by molar-refractivity contribution is -0.385. The summed E-state index contributed by atoms with van der Waals surface area (Å²) < 4.78 is 26.8. The van der Waals surface area contributed by atoms with Gasteiger partial charge in [-0.2, -0.15) is 4.31 Å². The number of nitrogens with zero attached hydrogens (tertiary/aromatic N) is 2. The molecule has 0 radical (unpaired) electrons. The highest BCUT2D eigenvalue weighted by atomic mass is 35.5. The van der Waals surface area contributed by atoms with Crippen LogP contribution in [0, 0.1) is 24.0 Å². The van der Waals surface area contributed by atoms with Crippen LogP contribution in [0.3, 0.4) is 0 Å². The van der Waals surface area contributed by atoms with E-state index in [1.165, 1.54) is 10.4 Å². The maximum Gasteiger partial charge on any atom is 0.273 e. The van der Waals surface area contributed by atoms with Crippen LogP contribution in [0.25, 0.3) is 0 Å². The quantitative estimate of drug-likeness (QED) is 0.661. The topological polar surface area (TPSA) is 92.6 Å². The number of nitrogens with one attached hydrogen (secondary N) is 1. The van der Waals surface area contributed by atoms with Gasteiger partial charge in [0, 0.05) is 37.3 Å². The van der Waals surface area contributed by atoms with Gasteiger partial charge < -0.3 is 5.32 Å². The second kappa shape index (κ2) is 6.91. The Morgan fingerprint density at radius 3 is 2.50 bits per heavy atom. The van der Waals surface area contributed by atoms with Crippen LogP contribution in [0.5, 0.6) is 0 Å². The van der Waals surface area contributed by atoms with E-state index < -0.39 is 14.9 Å². The molecule has 0 aromatic heterocycles. The first-order valence-electron chi connectivity index (χ1n) is 6.72. The predicted molar refractivity (Wildman–Crippen MR) is 86.0 cm³/mol. The first-order chi connectivity index (χ1) is 9.73. The first-order valence-corrected chi connectivity index (χ1v) is 8.16. The number of hydrogen-bond acceptors (Lipinski definition) is 5. The molecule has 124 valence electrons. The Hall–Kier alpha value is -1.22. The van der Waals surface area contributed by atoms with Crippen molar-refractivity contribution in [3.05, 3.63) is 33.4 Å². The molecular weight excluding hydrogens is 330 g/mol. The Kier molecular flexibility index (Phi) is 5.91. The van der Waals surface area contributed by atoms with Gasteiger partial charge in [-0.3, -0.25) is 10.1 Å². The lowest BCUT2D eigenvalue weighted by Crippen LogP contribution is -2.51. The number of halogens is 1. The molecule has 9 heteroatoms. The number of nitro groups is 1. The van der Waals surface area contributed by atoms with Crippen molar-refractivity contribution in [3.8, 4) is 0 Å². The molecule has 1 saturated heterocycles. The summed E-state index contributed by atoms with van der Waals surface area (Å²) >= 11 is 0. The Labute approximate surface area is 136 Å². The molecule has 22 heavy (non-hydrogen) atoms. The van der Waals surface area contributed by atoms with Gasteiger partial charge in [0.05, 0.1) is 9.82 Å². The van der Waals surface area contributed by atoms with Crippen LogP contribution in [-0.2, 0) is 10.0 Å². The van der Waals surface area contributed by atoms with E-state index in [1.54, 1.807) is 19.9 Å². The normalized spacial score (nSPS) is 19.5. The highest BCUT2D eigenvalue weighted by Crippen LogP contribution is 2.28. The number of sulfonamides is 1. The fourth-order valence-corrected chi connectivity index (χ4v) is 4.31. The second-order valence-electron chi connectivity index (χ2n) is 5.38. The van der Waals surface area contributed by atoms with Crippen molar-refractivity contribution in [2.45, 2.75) is 31.7 Å². The molecule has 2 rings (SSSR count). The van der Waals surface area contributed by atoms with Crippen LogP contribution in [0.15, 0.2) is 17.0 Å². The van der Waals surface area contributed by atoms with E-state index in [4.69, 9.17) is 0 Å². The molecule has 1 unspecified atom stereocenters. The lowest BCUT2D eigenvalue weighted by atomic mass is 10.1. The summed E-state index contributed by atoms with van der Waals surface area (Å²) in [6.45, 7) is 6.49. The number of benzene rings is 1. The van der Waals surface area contributed by atoms with Crippen molar-refractivity contribution >= 4 is 28.1 Å². The SMILES string of the molecule is Cc1cc(C)c(S(=O)(=O)N2CCNC(C)C2)cc1[N+](=O)[O-].Cl. The van der Waals surface area contributed by atoms with Gasteiger partial charge in [0.15, 0.2) is 0 Å². The van der Waals surface area contributed by atoms with Crippen molar-refractivity contribution in [3.63, 3.8) is 0 Å². The fraction of sp³-hybridized carbons (Fsp3) is 0.538. The third-order valence-electron chi connectivity index (χ3n) is 3.64. The Bertz CT molecular complexity index is 678. The maximum atomic E-state index is 12.7. The van der Waals surface area contributed by atoms with Crippen LogP contribution in [0.2, 0.25) is 0 Å². The minimum atomic E-state index is -3.71. The fourth-order valence-electron chi connectivity index (χ4n) is 2.55. The highest BCUT2D eigenvalue weighted by molar-refractivity contribution is 7.89. The number of rotatable bonds is 3. The maximum absolute atomic E-state index is 12.7. The number of hydrogen-bond donors (Lipinski definition) is 1. The van der Waals surface area contributed by atoms with E-state index in [0.717, 1.165) is 0 Å². The molecule has 1 atom stereocenters. The van der Waals surface area contributed by atoms with E-state index in [-0.39, 0.29) is 29.0 Å². The van der Waals surface area contributed by atoms with Gasteiger partial charge >= 0.3 is 0 Å². The Balaban J connectivity index is 0.00000242. The summed E-state index contributed by atoms with van der Waals surface area (Å²) in [5, 5.41) is 14.2. The summed E-state index contributed by atoms with van der Waals surface area (Å²) in [5.74, 6) is 0. The molecule has 0 spiro atoms. The minimum absolute atomic E-state index is 0. The van der Waals surface area contributed by atoms with Gasteiger partial charge in [0.1, 0.15) is 0 Å². The molecule has 0 saturated carbocycles. The van der Waals surface area contributed by atoms with E-state index in [2.05, 4.69) is 5.32 Å². The smallest absolute Gasteiger partial charge is 0.273 e. The molecule has 0 aliphatic carbocycles. The van der Waals surface area contributed by atoms with Gasteiger partial charge in [-0.15, -0.1) is 12.4 Å². The molecule has 1 fully saturated rings. The number of aryl methyl sites for hydroxylation is 2. The van der Waals surface area contributed by atoms with Gasteiger partial charge in [0.25, 0.3) is 5.69 Å². The Morgan fingerprint density at radius 1 is 1.32 bits per heavy atom. The van der Waals surface area contributed by atoms with Gasteiger partial charge in [-0.05, 0) is 32.4 Å². The monoisotopic (exact) mass is 349 g/mol. The van der Waals surface area contributed by atoms with Crippen molar-refractivity contribution in [1.82, 2.24) is 9.62 Å². The van der Waals surface area contributed by atoms with Crippen molar-refractivity contribution < 1.29 is 13.3 Å². The zero-order valence-electron chi connectivity index (χ0n) is 12.7. The molecule has 1 aromatic carbocycles. The summed E-state index contributed by atoms with van der Waals surface area (Å²) in [4.78, 5) is 10.5. The largest absolute Gasteiger partial charge is 0.312 e. The van der Waals surface area contributed by atoms with Crippen molar-refractivity contribution in [2.24, 2.45) is 0 Å². The van der Waals surface area contributed by atoms with E-state index in [0.29, 0.717) is 30.8 Å². The number of piperazine rings is 1. The number of nitro benzene ring substituents is 1. The van der Waals surface area contributed by atoms with Crippen LogP contribution >= 0.6 is 12.4 Å². The van der Waals surface area contributed by atoms with Crippen LogP contribution in [0.1, 0.15) is 18.1 Å². The third-order valence-corrected chi connectivity index (χ3v) is 5.65. The van der Waals surface area contributed by atoms with Crippen molar-refractivity contribution in [2.75, 3.05) is 19.6 Å². The summed E-state index contributed by atoms with van der Waals surface area (Å²) in [6.07, 6.45) is 0. The van der Waals surface area contributed by atoms with Gasteiger partial charge in [-0.25, -0.2) is 8.42 Å². The predicted octanol–water partition coefficient (Wildman–Crippen LogP) is 1.62. The van der Waals surface area contributed by atoms with E-state index in [1.807, 2.05) is 6.92 Å². The standard InChI is InChI=1S/C13H19N3O4S.ClH/c1-9-6-10(2)13(7-12(9)16(17)18)21(19,20)15-5-4-14-11(3)8-15;/h6-7,11,14H,4-5,8H2,1-3H3;1H. The average molecular weight is 350 g/mol. The molecule has 1 aliphatic heterocycles. The summed E-state index contributed by atoms with van der Waals surface area (Å²) in [5.41, 5.74) is 0.830. The zero-order valence-corrected chi connectivity index (χ0v) is 14.3. The molecule has 0 bridgehead atoms. The lowest BCUT2D eigenvalue weighted by Gasteiger charge is -2.31. The van der Waals surface area contributed by atoms with E-state index >= 15 is 0 Å². The highest BCUT2D eigenvalue weighted by Gasteiger charge is 2.31. The Morgan fingerprint density at radius 2 is 1.95 bits per heavy atom. The zero-order chi connectivity index (χ0) is 15.8. The molecule has 0 amide bonds. The van der Waals surface area contributed by atoms with Crippen LogP contribution in [0.4, 0.5) is 5.69 Å². The third kappa shape index (κ3) is 3.57. The van der Waals surface area contributed by atoms with E-state index in [9.17, 15) is 18.5 Å².